The normalized spacial score (nSPS) is 12.1. The quantitative estimate of drug-likeness (QED) is 0.713. The first-order chi connectivity index (χ1) is 7.63. The van der Waals surface area contributed by atoms with Crippen LogP contribution in [-0.2, 0) is 10.5 Å². The molecule has 1 atom stereocenters. The predicted octanol–water partition coefficient (Wildman–Crippen LogP) is -0.711. The van der Waals surface area contributed by atoms with Crippen LogP contribution in [0, 0.1) is 0 Å². The highest BCUT2D eigenvalue weighted by Crippen LogP contribution is 2.16. The van der Waals surface area contributed by atoms with Crippen LogP contribution in [0.4, 0.5) is 0 Å². The van der Waals surface area contributed by atoms with Crippen molar-refractivity contribution in [3.05, 3.63) is 29.8 Å². The Kier molecular flexibility index (Phi) is 5.14. The van der Waals surface area contributed by atoms with Gasteiger partial charge in [0, 0.05) is 5.75 Å². The summed E-state index contributed by atoms with van der Waals surface area (Å²) in [5, 5.41) is 10.4. The van der Waals surface area contributed by atoms with Gasteiger partial charge < -0.3 is 20.4 Å². The number of carbonyl (C=O) groups excluding carboxylic acids is 1. The van der Waals surface area contributed by atoms with Crippen LogP contribution in [0.1, 0.15) is 5.56 Å². The first kappa shape index (κ1) is 12.9. The number of benzene rings is 1. The summed E-state index contributed by atoms with van der Waals surface area (Å²) in [6, 6.07) is 7.04. The molecule has 5 heteroatoms. The molecule has 0 heterocycles. The van der Waals surface area contributed by atoms with Gasteiger partial charge in [0.1, 0.15) is 11.8 Å². The second kappa shape index (κ2) is 6.40. The Labute approximate surface area is 98.8 Å². The van der Waals surface area contributed by atoms with Crippen LogP contribution < -0.4 is 15.6 Å². The van der Waals surface area contributed by atoms with Crippen molar-refractivity contribution in [3.63, 3.8) is 0 Å². The number of ether oxygens (including phenoxy) is 1. The van der Waals surface area contributed by atoms with Gasteiger partial charge in [-0.3, -0.25) is 0 Å². The van der Waals surface area contributed by atoms with Gasteiger partial charge in [0.15, 0.2) is 0 Å². The van der Waals surface area contributed by atoms with Crippen molar-refractivity contribution in [2.24, 2.45) is 0 Å². The number of rotatable bonds is 6. The Morgan fingerprint density at radius 1 is 1.50 bits per heavy atom. The van der Waals surface area contributed by atoms with E-state index in [1.165, 1.54) is 11.8 Å². The molecule has 1 aromatic carbocycles. The summed E-state index contributed by atoms with van der Waals surface area (Å²) in [5.41, 5.74) is 4.63. The molecule has 0 saturated carbocycles. The highest BCUT2D eigenvalue weighted by Gasteiger charge is 2.06. The third-order valence-corrected chi connectivity index (χ3v) is 3.26. The van der Waals surface area contributed by atoms with Crippen LogP contribution in [0.3, 0.4) is 0 Å². The van der Waals surface area contributed by atoms with Crippen LogP contribution in [0.5, 0.6) is 5.75 Å². The minimum absolute atomic E-state index is 0.467. The van der Waals surface area contributed by atoms with Crippen LogP contribution >= 0.6 is 11.8 Å². The first-order valence-electron chi connectivity index (χ1n) is 4.88. The molecule has 3 N–H and O–H groups in total. The largest absolute Gasteiger partial charge is 0.544 e. The molecule has 0 aliphatic heterocycles. The van der Waals surface area contributed by atoms with Gasteiger partial charge in [-0.1, -0.05) is 12.1 Å². The number of hydrogen-bond acceptors (Lipinski definition) is 4. The molecule has 0 aliphatic carbocycles. The van der Waals surface area contributed by atoms with E-state index in [2.05, 4.69) is 5.73 Å². The van der Waals surface area contributed by atoms with Crippen LogP contribution in [0.2, 0.25) is 0 Å². The molecule has 0 unspecified atom stereocenters. The fourth-order valence-corrected chi connectivity index (χ4v) is 2.08. The van der Waals surface area contributed by atoms with Gasteiger partial charge in [-0.2, -0.15) is 11.8 Å². The highest BCUT2D eigenvalue weighted by atomic mass is 32.2. The molecule has 0 aliphatic rings. The summed E-state index contributed by atoms with van der Waals surface area (Å²) in [5.74, 6) is 0.957. The summed E-state index contributed by atoms with van der Waals surface area (Å²) in [6.07, 6.45) is 0. The number of aliphatic carboxylic acids is 1. The van der Waals surface area contributed by atoms with Gasteiger partial charge >= 0.3 is 0 Å². The van der Waals surface area contributed by atoms with Crippen molar-refractivity contribution in [3.8, 4) is 5.75 Å². The minimum Gasteiger partial charge on any atom is -0.544 e. The fourth-order valence-electron chi connectivity index (χ4n) is 1.11. The number of quaternary nitrogens is 1. The Morgan fingerprint density at radius 2 is 2.12 bits per heavy atom. The fraction of sp³-hybridized carbons (Fsp3) is 0.364. The average Bonchev–Trinajstić information content (AvgIpc) is 2.29. The molecule has 1 rings (SSSR count). The summed E-state index contributed by atoms with van der Waals surface area (Å²) >= 11 is 1.53. The number of carboxylic acid groups (broad SMARTS) is 1. The summed E-state index contributed by atoms with van der Waals surface area (Å²) < 4.78 is 5.04. The van der Waals surface area contributed by atoms with Crippen LogP contribution in [-0.4, -0.2) is 24.9 Å². The van der Waals surface area contributed by atoms with Gasteiger partial charge in [-0.15, -0.1) is 0 Å². The van der Waals surface area contributed by atoms with E-state index in [1.807, 2.05) is 24.3 Å². The maximum atomic E-state index is 10.4. The molecule has 0 bridgehead atoms. The molecule has 0 radical (unpaired) electrons. The molecule has 0 amide bonds. The lowest BCUT2D eigenvalue weighted by atomic mass is 10.2. The van der Waals surface area contributed by atoms with Crippen molar-refractivity contribution < 1.29 is 20.4 Å². The lowest BCUT2D eigenvalue weighted by Gasteiger charge is -2.08. The van der Waals surface area contributed by atoms with Crippen LogP contribution in [0.25, 0.3) is 0 Å². The second-order valence-electron chi connectivity index (χ2n) is 3.38. The van der Waals surface area contributed by atoms with Gasteiger partial charge in [0.05, 0.1) is 18.8 Å². The molecular weight excluding hydrogens is 226 g/mol. The van der Waals surface area contributed by atoms with Crippen molar-refractivity contribution >= 4 is 17.7 Å². The molecule has 4 nitrogen and oxygen atoms in total. The first-order valence-corrected chi connectivity index (χ1v) is 6.03. The summed E-state index contributed by atoms with van der Waals surface area (Å²) in [7, 11) is 1.62. The minimum atomic E-state index is -1.10. The van der Waals surface area contributed by atoms with E-state index in [9.17, 15) is 9.90 Å². The van der Waals surface area contributed by atoms with Gasteiger partial charge in [0.2, 0.25) is 0 Å². The Balaban J connectivity index is 2.34. The van der Waals surface area contributed by atoms with Gasteiger partial charge in [-0.05, 0) is 17.7 Å². The molecule has 0 saturated heterocycles. The van der Waals surface area contributed by atoms with Crippen molar-refractivity contribution in [1.82, 2.24) is 0 Å². The second-order valence-corrected chi connectivity index (χ2v) is 4.41. The zero-order chi connectivity index (χ0) is 12.0. The molecule has 1 aromatic rings. The van der Waals surface area contributed by atoms with Gasteiger partial charge in [-0.25, -0.2) is 0 Å². The molecule has 88 valence electrons. The lowest BCUT2D eigenvalue weighted by Crippen LogP contribution is -2.69. The number of methoxy groups -OCH3 is 1. The Hall–Kier alpha value is -1.20. The molecule has 16 heavy (non-hydrogen) atoms. The van der Waals surface area contributed by atoms with E-state index in [0.29, 0.717) is 5.75 Å². The van der Waals surface area contributed by atoms with Crippen LogP contribution in [0.15, 0.2) is 24.3 Å². The highest BCUT2D eigenvalue weighted by molar-refractivity contribution is 7.98. The van der Waals surface area contributed by atoms with Gasteiger partial charge in [0.25, 0.3) is 0 Å². The van der Waals surface area contributed by atoms with Crippen molar-refractivity contribution in [1.29, 1.82) is 0 Å². The van der Waals surface area contributed by atoms with Crippen molar-refractivity contribution in [2.75, 3.05) is 12.9 Å². The standard InChI is InChI=1S/C11H15NO3S/c1-15-9-4-2-8(3-5-9)6-16-7-10(12)11(13)14/h2-5,10H,6-7,12H2,1H3,(H,13,14)/t10-/m1/s1. The zero-order valence-corrected chi connectivity index (χ0v) is 9.96. The van der Waals surface area contributed by atoms with Crippen molar-refractivity contribution in [2.45, 2.75) is 11.8 Å². The van der Waals surface area contributed by atoms with E-state index < -0.39 is 12.0 Å². The smallest absolute Gasteiger partial charge is 0.134 e. The third-order valence-electron chi connectivity index (χ3n) is 2.08. The van der Waals surface area contributed by atoms with E-state index in [4.69, 9.17) is 4.74 Å². The predicted molar refractivity (Wildman–Crippen MR) is 60.8 cm³/mol. The number of thioether (sulfide) groups is 1. The number of carbonyl (C=O) groups is 1. The number of carboxylic acids is 1. The zero-order valence-electron chi connectivity index (χ0n) is 9.14. The van der Waals surface area contributed by atoms with E-state index in [1.54, 1.807) is 7.11 Å². The molecule has 0 aromatic heterocycles. The van der Waals surface area contributed by atoms with E-state index >= 15 is 0 Å². The molecular formula is C11H15NO3S. The maximum absolute atomic E-state index is 10.4. The lowest BCUT2D eigenvalue weighted by molar-refractivity contribution is -0.431. The summed E-state index contributed by atoms with van der Waals surface area (Å²) in [6.45, 7) is 0. The summed E-state index contributed by atoms with van der Waals surface area (Å²) in [4.78, 5) is 10.4. The maximum Gasteiger partial charge on any atom is 0.134 e. The Morgan fingerprint density at radius 3 is 2.62 bits per heavy atom. The number of hydrogen-bond donors (Lipinski definition) is 1. The molecule has 0 spiro atoms. The topological polar surface area (TPSA) is 77.0 Å². The van der Waals surface area contributed by atoms with E-state index in [0.717, 1.165) is 17.1 Å². The third kappa shape index (κ3) is 4.12. The monoisotopic (exact) mass is 241 g/mol. The van der Waals surface area contributed by atoms with E-state index in [-0.39, 0.29) is 0 Å². The SMILES string of the molecule is COc1ccc(CSC[C@@H]([NH3+])C(=O)[O-])cc1. The average molecular weight is 241 g/mol. The Bertz CT molecular complexity index is 340. The molecule has 0 fully saturated rings.